The van der Waals surface area contributed by atoms with Gasteiger partial charge >= 0.3 is 5.97 Å². The third-order valence-corrected chi connectivity index (χ3v) is 2.55. The number of aromatic nitrogens is 1. The lowest BCUT2D eigenvalue weighted by atomic mass is 10.2. The summed E-state index contributed by atoms with van der Waals surface area (Å²) in [7, 11) is 1.37. The van der Waals surface area contributed by atoms with Crippen LogP contribution < -0.4 is 0 Å². The lowest BCUT2D eigenvalue weighted by Gasteiger charge is -2.04. The number of methoxy groups -OCH3 is 1. The minimum Gasteiger partial charge on any atom is -0.468 e. The highest BCUT2D eigenvalue weighted by atomic mass is 16.5. The van der Waals surface area contributed by atoms with Gasteiger partial charge in [-0.05, 0) is 29.1 Å². The Labute approximate surface area is 93.1 Å². The zero-order valence-corrected chi connectivity index (χ0v) is 9.01. The molecule has 1 aromatic carbocycles. The number of benzene rings is 1. The molecule has 4 heteroatoms. The van der Waals surface area contributed by atoms with Crippen LogP contribution in [-0.4, -0.2) is 22.8 Å². The molecule has 0 amide bonds. The second-order valence-corrected chi connectivity index (χ2v) is 3.57. The second kappa shape index (κ2) is 4.37. The molecule has 0 unspecified atom stereocenters. The van der Waals surface area contributed by atoms with E-state index in [1.54, 1.807) is 0 Å². The molecular formula is C12H13NO3. The van der Waals surface area contributed by atoms with Crippen LogP contribution in [0.15, 0.2) is 30.5 Å². The molecule has 0 aliphatic heterocycles. The van der Waals surface area contributed by atoms with Gasteiger partial charge in [-0.2, -0.15) is 0 Å². The molecule has 0 aliphatic carbocycles. The van der Waals surface area contributed by atoms with Crippen LogP contribution >= 0.6 is 0 Å². The van der Waals surface area contributed by atoms with E-state index in [0.29, 0.717) is 0 Å². The highest BCUT2D eigenvalue weighted by molar-refractivity contribution is 5.82. The van der Waals surface area contributed by atoms with Crippen LogP contribution in [-0.2, 0) is 22.7 Å². The average Bonchev–Trinajstić information content (AvgIpc) is 2.71. The van der Waals surface area contributed by atoms with Crippen molar-refractivity contribution in [1.82, 2.24) is 4.57 Å². The molecule has 0 saturated carbocycles. The summed E-state index contributed by atoms with van der Waals surface area (Å²) >= 11 is 0. The highest BCUT2D eigenvalue weighted by Gasteiger charge is 2.06. The van der Waals surface area contributed by atoms with Crippen molar-refractivity contribution in [2.45, 2.75) is 13.2 Å². The van der Waals surface area contributed by atoms with Crippen LogP contribution in [0.5, 0.6) is 0 Å². The van der Waals surface area contributed by atoms with Gasteiger partial charge in [0.25, 0.3) is 0 Å². The van der Waals surface area contributed by atoms with E-state index < -0.39 is 0 Å². The van der Waals surface area contributed by atoms with Crippen LogP contribution in [0.4, 0.5) is 0 Å². The number of rotatable bonds is 3. The fourth-order valence-electron chi connectivity index (χ4n) is 1.69. The second-order valence-electron chi connectivity index (χ2n) is 3.57. The van der Waals surface area contributed by atoms with Gasteiger partial charge in [-0.3, -0.25) is 4.79 Å². The third kappa shape index (κ3) is 1.92. The van der Waals surface area contributed by atoms with Crippen LogP contribution in [0.25, 0.3) is 10.9 Å². The molecule has 2 rings (SSSR count). The summed E-state index contributed by atoms with van der Waals surface area (Å²) < 4.78 is 6.44. The first-order valence-corrected chi connectivity index (χ1v) is 5.00. The molecule has 0 radical (unpaired) electrons. The molecule has 0 bridgehead atoms. The van der Waals surface area contributed by atoms with Crippen LogP contribution in [0, 0.1) is 0 Å². The summed E-state index contributed by atoms with van der Waals surface area (Å²) in [4.78, 5) is 11.2. The van der Waals surface area contributed by atoms with Crippen LogP contribution in [0.3, 0.4) is 0 Å². The first-order valence-electron chi connectivity index (χ1n) is 5.00. The number of carbonyl (C=O) groups is 1. The number of fused-ring (bicyclic) bond motifs is 1. The van der Waals surface area contributed by atoms with Crippen molar-refractivity contribution in [3.8, 4) is 0 Å². The van der Waals surface area contributed by atoms with Crippen molar-refractivity contribution in [1.29, 1.82) is 0 Å². The Hall–Kier alpha value is -1.81. The molecule has 1 aromatic heterocycles. The summed E-state index contributed by atoms with van der Waals surface area (Å²) in [5, 5.41) is 10.0. The summed E-state index contributed by atoms with van der Waals surface area (Å²) in [5.74, 6) is -0.274. The van der Waals surface area contributed by atoms with Crippen molar-refractivity contribution in [3.63, 3.8) is 0 Å². The summed E-state index contributed by atoms with van der Waals surface area (Å²) in [6, 6.07) is 7.56. The monoisotopic (exact) mass is 219 g/mol. The number of esters is 1. The standard InChI is InChI=1S/C12H13NO3/c1-16-12(15)7-13-5-4-10-6-9(8-14)2-3-11(10)13/h2-6,14H,7-8H2,1H3. The highest BCUT2D eigenvalue weighted by Crippen LogP contribution is 2.17. The SMILES string of the molecule is COC(=O)Cn1ccc2cc(CO)ccc21. The molecule has 4 nitrogen and oxygen atoms in total. The smallest absolute Gasteiger partial charge is 0.325 e. The van der Waals surface area contributed by atoms with Crippen LogP contribution in [0.1, 0.15) is 5.56 Å². The molecule has 1 heterocycles. The molecule has 0 saturated heterocycles. The molecule has 0 fully saturated rings. The molecular weight excluding hydrogens is 206 g/mol. The number of hydrogen-bond acceptors (Lipinski definition) is 3. The Morgan fingerprint density at radius 1 is 1.44 bits per heavy atom. The van der Waals surface area contributed by atoms with Gasteiger partial charge < -0.3 is 14.4 Å². The molecule has 0 aliphatic rings. The summed E-state index contributed by atoms with van der Waals surface area (Å²) in [6.07, 6.45) is 1.84. The Bertz CT molecular complexity index is 516. The molecule has 0 spiro atoms. The lowest BCUT2D eigenvalue weighted by Crippen LogP contribution is -2.10. The molecule has 84 valence electrons. The van der Waals surface area contributed by atoms with E-state index in [9.17, 15) is 4.79 Å². The summed E-state index contributed by atoms with van der Waals surface area (Å²) in [5.41, 5.74) is 1.82. The van der Waals surface area contributed by atoms with Crippen LogP contribution in [0.2, 0.25) is 0 Å². The number of aliphatic hydroxyl groups excluding tert-OH is 1. The Kier molecular flexibility index (Phi) is 2.92. The number of carbonyl (C=O) groups excluding carboxylic acids is 1. The van der Waals surface area contributed by atoms with E-state index in [4.69, 9.17) is 5.11 Å². The van der Waals surface area contributed by atoms with Gasteiger partial charge in [-0.25, -0.2) is 0 Å². The number of hydrogen-bond donors (Lipinski definition) is 1. The van der Waals surface area contributed by atoms with Crippen molar-refractivity contribution in [2.24, 2.45) is 0 Å². The Morgan fingerprint density at radius 3 is 2.94 bits per heavy atom. The predicted molar refractivity (Wildman–Crippen MR) is 59.9 cm³/mol. The largest absolute Gasteiger partial charge is 0.468 e. The normalized spacial score (nSPS) is 10.6. The van der Waals surface area contributed by atoms with Crippen molar-refractivity contribution in [3.05, 3.63) is 36.0 Å². The number of aliphatic hydroxyl groups is 1. The maximum absolute atomic E-state index is 11.2. The molecule has 0 atom stereocenters. The van der Waals surface area contributed by atoms with Gasteiger partial charge in [-0.1, -0.05) is 6.07 Å². The van der Waals surface area contributed by atoms with E-state index in [2.05, 4.69) is 4.74 Å². The minimum absolute atomic E-state index is 0.0259. The minimum atomic E-state index is -0.274. The van der Waals surface area contributed by atoms with E-state index in [1.807, 2.05) is 35.0 Å². The fraction of sp³-hybridized carbons (Fsp3) is 0.250. The predicted octanol–water partition coefficient (Wildman–Crippen LogP) is 1.31. The topological polar surface area (TPSA) is 51.5 Å². The van der Waals surface area contributed by atoms with E-state index in [1.165, 1.54) is 7.11 Å². The molecule has 16 heavy (non-hydrogen) atoms. The van der Waals surface area contributed by atoms with Gasteiger partial charge in [0.2, 0.25) is 0 Å². The zero-order valence-electron chi connectivity index (χ0n) is 9.01. The van der Waals surface area contributed by atoms with E-state index >= 15 is 0 Å². The van der Waals surface area contributed by atoms with Gasteiger partial charge in [-0.15, -0.1) is 0 Å². The van der Waals surface area contributed by atoms with E-state index in [-0.39, 0.29) is 19.1 Å². The van der Waals surface area contributed by atoms with Crippen molar-refractivity contribution < 1.29 is 14.6 Å². The zero-order chi connectivity index (χ0) is 11.5. The Morgan fingerprint density at radius 2 is 2.25 bits per heavy atom. The van der Waals surface area contributed by atoms with Gasteiger partial charge in [0.05, 0.1) is 13.7 Å². The van der Waals surface area contributed by atoms with Crippen molar-refractivity contribution in [2.75, 3.05) is 7.11 Å². The first-order chi connectivity index (χ1) is 7.74. The van der Waals surface area contributed by atoms with Gasteiger partial charge in [0.1, 0.15) is 6.54 Å². The van der Waals surface area contributed by atoms with Crippen molar-refractivity contribution >= 4 is 16.9 Å². The third-order valence-electron chi connectivity index (χ3n) is 2.55. The maximum Gasteiger partial charge on any atom is 0.325 e. The summed E-state index contributed by atoms with van der Waals surface area (Å²) in [6.45, 7) is 0.233. The number of nitrogens with zero attached hydrogens (tertiary/aromatic N) is 1. The average molecular weight is 219 g/mol. The first kappa shape index (κ1) is 10.7. The quantitative estimate of drug-likeness (QED) is 0.792. The van der Waals surface area contributed by atoms with E-state index in [0.717, 1.165) is 16.5 Å². The fourth-order valence-corrected chi connectivity index (χ4v) is 1.69. The lowest BCUT2D eigenvalue weighted by molar-refractivity contribution is -0.141. The van der Waals surface area contributed by atoms with Gasteiger partial charge in [0, 0.05) is 11.7 Å². The maximum atomic E-state index is 11.2. The molecule has 2 aromatic rings. The Balaban J connectivity index is 2.37. The molecule has 1 N–H and O–H groups in total. The van der Waals surface area contributed by atoms with Gasteiger partial charge in [0.15, 0.2) is 0 Å². The number of ether oxygens (including phenoxy) is 1.